The van der Waals surface area contributed by atoms with Crippen LogP contribution in [-0.2, 0) is 0 Å². The third-order valence-electron chi connectivity index (χ3n) is 0.823. The number of hydrogen-bond acceptors (Lipinski definition) is 2. The summed E-state index contributed by atoms with van der Waals surface area (Å²) in [4.78, 5) is 10.1. The number of carbonyl (C=O) groups is 1. The van der Waals surface area contributed by atoms with Gasteiger partial charge in [-0.2, -0.15) is 5.10 Å². The maximum atomic E-state index is 10.1. The van der Waals surface area contributed by atoms with E-state index in [2.05, 4.69) is 10.2 Å². The van der Waals surface area contributed by atoms with Crippen molar-refractivity contribution in [3.63, 3.8) is 0 Å². The number of hydrogen-bond donors (Lipinski definition) is 2. The Morgan fingerprint density at radius 3 is 2.78 bits per heavy atom. The van der Waals surface area contributed by atoms with Crippen LogP contribution in [-0.4, -0.2) is 21.3 Å². The summed E-state index contributed by atoms with van der Waals surface area (Å²) in [7, 11) is 0. The lowest BCUT2D eigenvalue weighted by Crippen LogP contribution is -1.93. The molecule has 5 heteroatoms. The molecule has 0 atom stereocenters. The molecule has 0 aliphatic heterocycles. The van der Waals surface area contributed by atoms with E-state index in [1.807, 2.05) is 0 Å². The molecule has 0 spiro atoms. The molecular weight excluding hydrogens is 144 g/mol. The Kier molecular flexibility index (Phi) is 1.40. The fourth-order valence-corrected chi connectivity index (χ4v) is 0.598. The van der Waals surface area contributed by atoms with Gasteiger partial charge in [0.15, 0.2) is 0 Å². The summed E-state index contributed by atoms with van der Waals surface area (Å²) in [6, 6.07) is 0. The first-order valence-corrected chi connectivity index (χ1v) is 2.52. The highest BCUT2D eigenvalue weighted by molar-refractivity contribution is 6.32. The molecule has 0 amide bonds. The van der Waals surface area contributed by atoms with E-state index in [4.69, 9.17) is 16.7 Å². The van der Waals surface area contributed by atoms with E-state index in [0.717, 1.165) is 6.20 Å². The Morgan fingerprint density at radius 2 is 2.56 bits per heavy atom. The average Bonchev–Trinajstić information content (AvgIpc) is 2.13. The van der Waals surface area contributed by atoms with Crippen molar-refractivity contribution in [2.75, 3.05) is 0 Å². The molecule has 1 aromatic heterocycles. The van der Waals surface area contributed by atoms with E-state index in [0.29, 0.717) is 0 Å². The molecule has 48 valence electrons. The van der Waals surface area contributed by atoms with E-state index in [-0.39, 0.29) is 10.7 Å². The number of aromatic amines is 1. The highest BCUT2D eigenvalue weighted by atomic mass is 35.5. The number of rotatable bonds is 1. The van der Waals surface area contributed by atoms with Crippen LogP contribution in [0, 0.1) is 0 Å². The molecule has 0 radical (unpaired) electrons. The van der Waals surface area contributed by atoms with E-state index < -0.39 is 5.97 Å². The van der Waals surface area contributed by atoms with Crippen LogP contribution in [0.5, 0.6) is 0 Å². The maximum Gasteiger partial charge on any atom is 0.340 e. The minimum Gasteiger partial charge on any atom is -0.478 e. The zero-order chi connectivity index (χ0) is 6.85. The summed E-state index contributed by atoms with van der Waals surface area (Å²) in [6.45, 7) is 0. The Labute approximate surface area is 55.5 Å². The van der Waals surface area contributed by atoms with Gasteiger partial charge in [0.25, 0.3) is 0 Å². The minimum atomic E-state index is -1.08. The van der Waals surface area contributed by atoms with E-state index in [1.54, 1.807) is 0 Å². The predicted octanol–water partition coefficient (Wildman–Crippen LogP) is 0.761. The number of nitrogens with zero attached hydrogens (tertiary/aromatic N) is 1. The van der Waals surface area contributed by atoms with Crippen LogP contribution in [0.25, 0.3) is 0 Å². The summed E-state index contributed by atoms with van der Waals surface area (Å²) < 4.78 is 0. The third kappa shape index (κ3) is 1.02. The number of nitrogens with one attached hydrogen (secondary N) is 1. The van der Waals surface area contributed by atoms with Crippen molar-refractivity contribution in [1.29, 1.82) is 0 Å². The first-order chi connectivity index (χ1) is 4.22. The Bertz CT molecular complexity index is 232. The van der Waals surface area contributed by atoms with Gasteiger partial charge in [0.05, 0.1) is 6.20 Å². The van der Waals surface area contributed by atoms with Crippen molar-refractivity contribution < 1.29 is 9.90 Å². The molecule has 0 bridgehead atoms. The SMILES string of the molecule is O=C(O)c1cn[nH]c1Cl. The molecule has 4 nitrogen and oxygen atoms in total. The summed E-state index contributed by atoms with van der Waals surface area (Å²) in [5, 5.41) is 14.1. The summed E-state index contributed by atoms with van der Waals surface area (Å²) >= 11 is 5.34. The number of aromatic carboxylic acids is 1. The third-order valence-corrected chi connectivity index (χ3v) is 1.11. The van der Waals surface area contributed by atoms with Crippen LogP contribution in [0.1, 0.15) is 10.4 Å². The van der Waals surface area contributed by atoms with Gasteiger partial charge in [0, 0.05) is 0 Å². The predicted molar refractivity (Wildman–Crippen MR) is 30.6 cm³/mol. The Balaban J connectivity index is 3.08. The normalized spacial score (nSPS) is 9.44. The van der Waals surface area contributed by atoms with Crippen molar-refractivity contribution in [2.24, 2.45) is 0 Å². The second kappa shape index (κ2) is 2.06. The molecule has 0 aromatic carbocycles. The number of halogens is 1. The lowest BCUT2D eigenvalue weighted by atomic mass is 10.4. The molecule has 0 fully saturated rings. The first kappa shape index (κ1) is 6.10. The zero-order valence-corrected chi connectivity index (χ0v) is 5.01. The topological polar surface area (TPSA) is 66.0 Å². The smallest absolute Gasteiger partial charge is 0.340 e. The van der Waals surface area contributed by atoms with Crippen molar-refractivity contribution in [2.45, 2.75) is 0 Å². The molecule has 0 aliphatic rings. The summed E-state index contributed by atoms with van der Waals surface area (Å²) in [5.41, 5.74) is -0.00309. The fourth-order valence-electron chi connectivity index (χ4n) is 0.419. The molecule has 2 N–H and O–H groups in total. The van der Waals surface area contributed by atoms with Crippen molar-refractivity contribution >= 4 is 17.6 Å². The van der Waals surface area contributed by atoms with Gasteiger partial charge >= 0.3 is 5.97 Å². The van der Waals surface area contributed by atoms with Crippen molar-refractivity contribution in [3.8, 4) is 0 Å². The second-order valence-electron chi connectivity index (χ2n) is 1.40. The zero-order valence-electron chi connectivity index (χ0n) is 4.26. The van der Waals surface area contributed by atoms with Gasteiger partial charge in [-0.1, -0.05) is 11.6 Å². The van der Waals surface area contributed by atoms with Crippen molar-refractivity contribution in [3.05, 3.63) is 16.9 Å². The molecule has 1 aromatic rings. The van der Waals surface area contributed by atoms with Gasteiger partial charge in [-0.15, -0.1) is 0 Å². The quantitative estimate of drug-likeness (QED) is 0.615. The fraction of sp³-hybridized carbons (Fsp3) is 0. The number of H-pyrrole nitrogens is 1. The average molecular weight is 147 g/mol. The number of carboxylic acids is 1. The molecule has 1 rings (SSSR count). The molecule has 0 unspecified atom stereocenters. The molecule has 0 saturated heterocycles. The van der Waals surface area contributed by atoms with E-state index in [1.165, 1.54) is 0 Å². The van der Waals surface area contributed by atoms with Crippen LogP contribution in [0.15, 0.2) is 6.20 Å². The molecule has 0 aliphatic carbocycles. The van der Waals surface area contributed by atoms with Crippen molar-refractivity contribution in [1.82, 2.24) is 10.2 Å². The largest absolute Gasteiger partial charge is 0.478 e. The van der Waals surface area contributed by atoms with Crippen LogP contribution in [0.4, 0.5) is 0 Å². The Morgan fingerprint density at radius 1 is 1.89 bits per heavy atom. The highest BCUT2D eigenvalue weighted by Crippen LogP contribution is 2.09. The van der Waals surface area contributed by atoms with Gasteiger partial charge < -0.3 is 5.11 Å². The van der Waals surface area contributed by atoms with Gasteiger partial charge in [0.1, 0.15) is 10.7 Å². The van der Waals surface area contributed by atoms with Gasteiger partial charge in [-0.3, -0.25) is 5.10 Å². The Hall–Kier alpha value is -1.03. The first-order valence-electron chi connectivity index (χ1n) is 2.14. The molecule has 1 heterocycles. The number of aromatic nitrogens is 2. The summed E-state index contributed by atoms with van der Waals surface area (Å²) in [6.07, 6.45) is 1.16. The van der Waals surface area contributed by atoms with Gasteiger partial charge in [-0.25, -0.2) is 4.79 Å². The van der Waals surface area contributed by atoms with Crippen LogP contribution in [0.2, 0.25) is 5.15 Å². The second-order valence-corrected chi connectivity index (χ2v) is 1.78. The lowest BCUT2D eigenvalue weighted by Gasteiger charge is -1.82. The van der Waals surface area contributed by atoms with Crippen LogP contribution in [0.3, 0.4) is 0 Å². The molecular formula is C4H3ClN2O2. The van der Waals surface area contributed by atoms with Gasteiger partial charge in [0.2, 0.25) is 0 Å². The van der Waals surface area contributed by atoms with Crippen LogP contribution >= 0.6 is 11.6 Å². The molecule has 0 saturated carbocycles. The van der Waals surface area contributed by atoms with Gasteiger partial charge in [-0.05, 0) is 0 Å². The lowest BCUT2D eigenvalue weighted by molar-refractivity contribution is 0.0697. The summed E-state index contributed by atoms with van der Waals surface area (Å²) in [5.74, 6) is -1.08. The molecule has 9 heavy (non-hydrogen) atoms. The number of carboxylic acid groups (broad SMARTS) is 1. The van der Waals surface area contributed by atoms with E-state index >= 15 is 0 Å². The highest BCUT2D eigenvalue weighted by Gasteiger charge is 2.08. The van der Waals surface area contributed by atoms with E-state index in [9.17, 15) is 4.79 Å². The van der Waals surface area contributed by atoms with Crippen LogP contribution < -0.4 is 0 Å². The monoisotopic (exact) mass is 146 g/mol. The standard InChI is InChI=1S/C4H3ClN2O2/c5-3-2(4(8)9)1-6-7-3/h1H,(H,6,7)(H,8,9). The minimum absolute atomic E-state index is 0.00309. The maximum absolute atomic E-state index is 10.1.